The Morgan fingerprint density at radius 3 is 2.82 bits per heavy atom. The largest absolute Gasteiger partial charge is 0.469 e. The van der Waals surface area contributed by atoms with Crippen molar-refractivity contribution in [3.8, 4) is 0 Å². The Bertz CT molecular complexity index is 747. The van der Waals surface area contributed by atoms with Crippen LogP contribution in [0.5, 0.6) is 0 Å². The number of aliphatic hydroxyl groups is 1. The number of nitrogens with one attached hydrogen (secondary N) is 2. The Kier molecular flexibility index (Phi) is 6.81. The zero-order chi connectivity index (χ0) is 19.9. The van der Waals surface area contributed by atoms with E-state index in [0.717, 1.165) is 19.3 Å². The fourth-order valence-electron chi connectivity index (χ4n) is 4.24. The minimum absolute atomic E-state index is 0.0754. The number of fused-ring (bicyclic) bond motifs is 1. The molecule has 4 atom stereocenters. The number of anilines is 1. The minimum Gasteiger partial charge on any atom is -0.469 e. The summed E-state index contributed by atoms with van der Waals surface area (Å²) < 4.78 is 4.66. The van der Waals surface area contributed by atoms with Crippen LogP contribution >= 0.6 is 0 Å². The normalized spacial score (nSPS) is 27.7. The van der Waals surface area contributed by atoms with Crippen molar-refractivity contribution in [2.45, 2.75) is 38.2 Å². The predicted octanol–water partition coefficient (Wildman–Crippen LogP) is 3.08. The van der Waals surface area contributed by atoms with Crippen LogP contribution in [0, 0.1) is 17.8 Å². The molecule has 150 valence electrons. The summed E-state index contributed by atoms with van der Waals surface area (Å²) in [6.07, 6.45) is 7.03. The molecule has 2 amide bonds. The van der Waals surface area contributed by atoms with Gasteiger partial charge in [-0.25, -0.2) is 10.2 Å². The number of allylic oxidation sites excluding steroid dienone is 2. The molecule has 0 aromatic heterocycles. The highest BCUT2D eigenvalue weighted by Crippen LogP contribution is 2.49. The van der Waals surface area contributed by atoms with E-state index in [4.69, 9.17) is 0 Å². The average Bonchev–Trinajstić information content (AvgIpc) is 3.19. The molecule has 7 heteroatoms. The summed E-state index contributed by atoms with van der Waals surface area (Å²) in [5.74, 6) is 0.472. The molecule has 0 radical (unpaired) electrons. The minimum atomic E-state index is -0.436. The monoisotopic (exact) mass is 385 g/mol. The third kappa shape index (κ3) is 5.19. The van der Waals surface area contributed by atoms with Crippen molar-refractivity contribution < 1.29 is 19.4 Å². The number of methoxy groups -OCH3 is 1. The van der Waals surface area contributed by atoms with Crippen LogP contribution in [0.2, 0.25) is 0 Å². The molecule has 0 heterocycles. The lowest BCUT2D eigenvalue weighted by atomic mass is 9.92. The number of ether oxygens (including phenoxy) is 1. The zero-order valence-electron chi connectivity index (χ0n) is 16.0. The lowest BCUT2D eigenvalue weighted by molar-refractivity contribution is -0.140. The van der Waals surface area contributed by atoms with E-state index < -0.39 is 12.1 Å². The second-order valence-corrected chi connectivity index (χ2v) is 7.40. The maximum atomic E-state index is 11.9. The van der Waals surface area contributed by atoms with E-state index >= 15 is 0 Å². The SMILES string of the molecule is COC(=O)CC/C=C1/C[C@H]2C[C@@H](O)[C@H](C=NNC(=O)Nc3ccccc3)[C@H]2C1. The molecule has 0 bridgehead atoms. The van der Waals surface area contributed by atoms with Crippen LogP contribution in [-0.2, 0) is 9.53 Å². The number of para-hydroxylation sites is 1. The highest BCUT2D eigenvalue weighted by Gasteiger charge is 2.45. The number of benzene rings is 1. The number of carbonyl (C=O) groups is 2. The molecule has 2 fully saturated rings. The molecule has 28 heavy (non-hydrogen) atoms. The van der Waals surface area contributed by atoms with Crippen LogP contribution in [0.4, 0.5) is 10.5 Å². The van der Waals surface area contributed by atoms with Crippen molar-refractivity contribution >= 4 is 23.9 Å². The van der Waals surface area contributed by atoms with Gasteiger partial charge < -0.3 is 15.2 Å². The van der Waals surface area contributed by atoms with Gasteiger partial charge in [0.1, 0.15) is 0 Å². The number of hydrazone groups is 1. The lowest BCUT2D eigenvalue weighted by Gasteiger charge is -2.16. The van der Waals surface area contributed by atoms with E-state index in [0.29, 0.717) is 30.4 Å². The van der Waals surface area contributed by atoms with E-state index in [9.17, 15) is 14.7 Å². The number of rotatable bonds is 6. The van der Waals surface area contributed by atoms with Gasteiger partial charge >= 0.3 is 12.0 Å². The first kappa shape index (κ1) is 20.1. The van der Waals surface area contributed by atoms with Crippen molar-refractivity contribution in [3.05, 3.63) is 42.0 Å². The summed E-state index contributed by atoms with van der Waals surface area (Å²) in [5.41, 5.74) is 4.49. The van der Waals surface area contributed by atoms with Gasteiger partial charge in [-0.15, -0.1) is 0 Å². The van der Waals surface area contributed by atoms with Gasteiger partial charge in [0.25, 0.3) is 0 Å². The average molecular weight is 385 g/mol. The number of amides is 2. The molecule has 0 saturated heterocycles. The Hall–Kier alpha value is -2.67. The van der Waals surface area contributed by atoms with Crippen LogP contribution in [0.3, 0.4) is 0 Å². The smallest absolute Gasteiger partial charge is 0.339 e. The molecular weight excluding hydrogens is 358 g/mol. The topological polar surface area (TPSA) is 100 Å². The highest BCUT2D eigenvalue weighted by molar-refractivity contribution is 5.89. The van der Waals surface area contributed by atoms with E-state index in [2.05, 4.69) is 26.7 Å². The molecule has 0 unspecified atom stereocenters. The molecule has 2 saturated carbocycles. The Morgan fingerprint density at radius 2 is 2.07 bits per heavy atom. The molecule has 2 aliphatic rings. The summed E-state index contributed by atoms with van der Waals surface area (Å²) in [4.78, 5) is 23.1. The molecule has 3 rings (SSSR count). The standard InChI is InChI=1S/C21H27N3O4/c1-28-20(26)9-5-6-14-10-15-12-19(25)18(17(15)11-14)13-22-24-21(27)23-16-7-3-2-4-8-16/h2-4,6-8,13,15,17-19,25H,5,9-12H2,1H3,(H2,23,24,27)/b14-6-,22-13?/t15-,17-,18+,19+/m0/s1. The molecule has 1 aromatic carbocycles. The Balaban J connectivity index is 1.50. The van der Waals surface area contributed by atoms with E-state index in [1.807, 2.05) is 18.2 Å². The fourth-order valence-corrected chi connectivity index (χ4v) is 4.24. The summed E-state index contributed by atoms with van der Waals surface area (Å²) in [6, 6.07) is 8.72. The Morgan fingerprint density at radius 1 is 1.29 bits per heavy atom. The van der Waals surface area contributed by atoms with Crippen molar-refractivity contribution in [1.82, 2.24) is 5.43 Å². The van der Waals surface area contributed by atoms with Gasteiger partial charge in [-0.1, -0.05) is 29.8 Å². The number of urea groups is 1. The van der Waals surface area contributed by atoms with Gasteiger partial charge in [-0.3, -0.25) is 4.79 Å². The molecular formula is C21H27N3O4. The molecule has 3 N–H and O–H groups in total. The first-order valence-electron chi connectivity index (χ1n) is 9.65. The number of esters is 1. The van der Waals surface area contributed by atoms with Gasteiger partial charge in [-0.05, 0) is 49.7 Å². The highest BCUT2D eigenvalue weighted by atomic mass is 16.5. The number of carbonyl (C=O) groups excluding carboxylic acids is 2. The van der Waals surface area contributed by atoms with Gasteiger partial charge in [-0.2, -0.15) is 5.10 Å². The van der Waals surface area contributed by atoms with E-state index in [-0.39, 0.29) is 11.9 Å². The summed E-state index contributed by atoms with van der Waals surface area (Å²) in [6.45, 7) is 0. The summed E-state index contributed by atoms with van der Waals surface area (Å²) in [7, 11) is 1.40. The number of hydrogen-bond donors (Lipinski definition) is 3. The van der Waals surface area contributed by atoms with Crippen molar-refractivity contribution in [1.29, 1.82) is 0 Å². The Labute approximate surface area is 164 Å². The van der Waals surface area contributed by atoms with Crippen LogP contribution in [0.15, 0.2) is 47.1 Å². The molecule has 2 aliphatic carbocycles. The van der Waals surface area contributed by atoms with Crippen molar-refractivity contribution in [2.24, 2.45) is 22.9 Å². The van der Waals surface area contributed by atoms with Crippen molar-refractivity contribution in [2.75, 3.05) is 12.4 Å². The summed E-state index contributed by atoms with van der Waals surface area (Å²) >= 11 is 0. The van der Waals surface area contributed by atoms with Gasteiger partial charge in [0.15, 0.2) is 0 Å². The van der Waals surface area contributed by atoms with Crippen LogP contribution in [0.25, 0.3) is 0 Å². The van der Waals surface area contributed by atoms with Gasteiger partial charge in [0.05, 0.1) is 13.2 Å². The van der Waals surface area contributed by atoms with Crippen LogP contribution in [0.1, 0.15) is 32.1 Å². The summed E-state index contributed by atoms with van der Waals surface area (Å²) in [5, 5.41) is 17.1. The second kappa shape index (κ2) is 9.50. The molecule has 0 spiro atoms. The second-order valence-electron chi connectivity index (χ2n) is 7.40. The molecule has 0 aliphatic heterocycles. The van der Waals surface area contributed by atoms with E-state index in [1.54, 1.807) is 18.3 Å². The number of nitrogens with zero attached hydrogens (tertiary/aromatic N) is 1. The molecule has 7 nitrogen and oxygen atoms in total. The third-order valence-electron chi connectivity index (χ3n) is 5.56. The van der Waals surface area contributed by atoms with Gasteiger partial charge in [0.2, 0.25) is 0 Å². The fraction of sp³-hybridized carbons (Fsp3) is 0.476. The third-order valence-corrected chi connectivity index (χ3v) is 5.56. The van der Waals surface area contributed by atoms with Crippen LogP contribution < -0.4 is 10.7 Å². The molecule has 1 aromatic rings. The van der Waals surface area contributed by atoms with Crippen molar-refractivity contribution in [3.63, 3.8) is 0 Å². The number of aliphatic hydroxyl groups excluding tert-OH is 1. The number of hydrogen-bond acceptors (Lipinski definition) is 5. The predicted molar refractivity (Wildman–Crippen MR) is 107 cm³/mol. The van der Waals surface area contributed by atoms with Crippen LogP contribution in [-0.4, -0.2) is 36.5 Å². The first-order chi connectivity index (χ1) is 13.6. The van der Waals surface area contributed by atoms with Gasteiger partial charge in [0, 0.05) is 24.2 Å². The van der Waals surface area contributed by atoms with E-state index in [1.165, 1.54) is 12.7 Å². The quantitative estimate of drug-likeness (QED) is 0.303. The maximum Gasteiger partial charge on any atom is 0.339 e. The maximum absolute atomic E-state index is 11.9. The zero-order valence-corrected chi connectivity index (χ0v) is 16.0. The first-order valence-corrected chi connectivity index (χ1v) is 9.65. The lowest BCUT2D eigenvalue weighted by Crippen LogP contribution is -2.27.